The van der Waals surface area contributed by atoms with Crippen LogP contribution in [0.2, 0.25) is 0 Å². The fraction of sp³-hybridized carbons (Fsp3) is 0.308. The normalized spacial score (nSPS) is 10.2. The molecule has 3 aromatic carbocycles. The Morgan fingerprint density at radius 2 is 1.00 bits per heavy atom. The van der Waals surface area contributed by atoms with Gasteiger partial charge in [0.25, 0.3) is 0 Å². The Balaban J connectivity index is 0.000000248. The van der Waals surface area contributed by atoms with Crippen molar-refractivity contribution in [3.05, 3.63) is 91.0 Å². The molecule has 0 bridgehead atoms. The van der Waals surface area contributed by atoms with Crippen LogP contribution in [0.1, 0.15) is 45.4 Å². The van der Waals surface area contributed by atoms with E-state index in [1.807, 2.05) is 18.2 Å². The molecule has 0 amide bonds. The number of unbranched alkanes of at least 4 members (excludes halogenated alkanes) is 5. The van der Waals surface area contributed by atoms with Crippen LogP contribution in [-0.4, -0.2) is 24.0 Å². The third-order valence-corrected chi connectivity index (χ3v) is 4.81. The van der Waals surface area contributed by atoms with E-state index < -0.39 is 7.32 Å². The van der Waals surface area contributed by atoms with Gasteiger partial charge in [0, 0.05) is 23.7 Å². The van der Waals surface area contributed by atoms with Crippen LogP contribution in [0.4, 0.5) is 17.1 Å². The maximum absolute atomic E-state index is 8.33. The molecular weight excluding hydrogens is 385 g/mol. The monoisotopic (exact) mass is 419 g/mol. The van der Waals surface area contributed by atoms with Gasteiger partial charge >= 0.3 is 7.32 Å². The number of rotatable bonds is 11. The molecule has 0 atom stereocenters. The molecule has 0 aliphatic heterocycles. The molecular formula is C26H34BNO3. The molecule has 0 aliphatic carbocycles. The first kappa shape index (κ1) is 24.7. The summed E-state index contributed by atoms with van der Waals surface area (Å²) >= 11 is 0. The molecule has 0 fully saturated rings. The van der Waals surface area contributed by atoms with Crippen LogP contribution < -0.4 is 4.90 Å². The molecule has 0 spiro atoms. The van der Waals surface area contributed by atoms with Gasteiger partial charge in [0.1, 0.15) is 0 Å². The quantitative estimate of drug-likeness (QED) is 0.276. The number of nitrogens with zero attached hydrogens (tertiary/aromatic N) is 1. The molecule has 5 heteroatoms. The highest BCUT2D eigenvalue weighted by Gasteiger charge is 2.10. The van der Waals surface area contributed by atoms with Gasteiger partial charge in [-0.25, -0.2) is 0 Å². The molecule has 0 saturated carbocycles. The second kappa shape index (κ2) is 15.2. The van der Waals surface area contributed by atoms with E-state index in [4.69, 9.17) is 10.0 Å². The minimum atomic E-state index is -1.60. The summed E-state index contributed by atoms with van der Waals surface area (Å²) in [4.78, 5) is 2.25. The molecule has 4 nitrogen and oxygen atoms in total. The Bertz CT molecular complexity index is 707. The first-order chi connectivity index (χ1) is 15.2. The average molecular weight is 419 g/mol. The summed E-state index contributed by atoms with van der Waals surface area (Å²) < 4.78 is 4.56. The van der Waals surface area contributed by atoms with Crippen LogP contribution in [0.25, 0.3) is 0 Å². The summed E-state index contributed by atoms with van der Waals surface area (Å²) in [5.74, 6) is 0. The number of hydrogen-bond donors (Lipinski definition) is 2. The highest BCUT2D eigenvalue weighted by molar-refractivity contribution is 6.32. The van der Waals surface area contributed by atoms with Gasteiger partial charge in [-0.05, 0) is 42.8 Å². The van der Waals surface area contributed by atoms with E-state index in [9.17, 15) is 0 Å². The van der Waals surface area contributed by atoms with Crippen molar-refractivity contribution in [2.45, 2.75) is 45.4 Å². The Morgan fingerprint density at radius 3 is 1.39 bits per heavy atom. The van der Waals surface area contributed by atoms with E-state index in [0.29, 0.717) is 6.61 Å². The van der Waals surface area contributed by atoms with Gasteiger partial charge in [0.15, 0.2) is 0 Å². The summed E-state index contributed by atoms with van der Waals surface area (Å²) in [5, 5.41) is 16.7. The van der Waals surface area contributed by atoms with Crippen molar-refractivity contribution in [1.29, 1.82) is 0 Å². The first-order valence-electron chi connectivity index (χ1n) is 11.2. The lowest BCUT2D eigenvalue weighted by Gasteiger charge is -2.25. The Kier molecular flexibility index (Phi) is 12.1. The lowest BCUT2D eigenvalue weighted by Crippen LogP contribution is -2.17. The first-order valence-corrected chi connectivity index (χ1v) is 11.2. The van der Waals surface area contributed by atoms with Crippen molar-refractivity contribution in [3.63, 3.8) is 0 Å². The Hall–Kier alpha value is -2.60. The topological polar surface area (TPSA) is 52.9 Å². The molecule has 2 N–H and O–H groups in total. The summed E-state index contributed by atoms with van der Waals surface area (Å²) in [5.41, 5.74) is 3.50. The minimum absolute atomic E-state index is 0.448. The van der Waals surface area contributed by atoms with Gasteiger partial charge in [-0.3, -0.25) is 0 Å². The fourth-order valence-corrected chi connectivity index (χ4v) is 3.25. The van der Waals surface area contributed by atoms with Crippen LogP contribution in [-0.2, 0) is 4.65 Å². The van der Waals surface area contributed by atoms with E-state index >= 15 is 0 Å². The van der Waals surface area contributed by atoms with Gasteiger partial charge in [-0.2, -0.15) is 0 Å². The zero-order valence-corrected chi connectivity index (χ0v) is 18.4. The number of hydrogen-bond acceptors (Lipinski definition) is 4. The van der Waals surface area contributed by atoms with Crippen LogP contribution in [0.3, 0.4) is 0 Å². The highest BCUT2D eigenvalue weighted by atomic mass is 16.6. The third-order valence-electron chi connectivity index (χ3n) is 4.81. The molecule has 164 valence electrons. The van der Waals surface area contributed by atoms with E-state index in [1.165, 1.54) is 42.7 Å². The van der Waals surface area contributed by atoms with Crippen LogP contribution >= 0.6 is 0 Å². The largest absolute Gasteiger partial charge is 0.633 e. The average Bonchev–Trinajstić information content (AvgIpc) is 2.81. The zero-order valence-electron chi connectivity index (χ0n) is 18.4. The SMILES string of the molecule is CCCCCCCCOB(O)O.c1ccc(N(c2ccccc2)c2ccccc2)cc1. The molecule has 31 heavy (non-hydrogen) atoms. The van der Waals surface area contributed by atoms with Gasteiger partial charge in [0.2, 0.25) is 0 Å². The molecule has 3 rings (SSSR count). The maximum atomic E-state index is 8.33. The van der Waals surface area contributed by atoms with Crippen molar-refractivity contribution in [1.82, 2.24) is 0 Å². The van der Waals surface area contributed by atoms with Crippen LogP contribution in [0, 0.1) is 0 Å². The Labute approximate surface area is 187 Å². The van der Waals surface area contributed by atoms with E-state index in [-0.39, 0.29) is 0 Å². The van der Waals surface area contributed by atoms with Crippen molar-refractivity contribution >= 4 is 24.4 Å². The molecule has 0 radical (unpaired) electrons. The summed E-state index contributed by atoms with van der Waals surface area (Å²) in [6.45, 7) is 2.63. The van der Waals surface area contributed by atoms with Crippen molar-refractivity contribution in [3.8, 4) is 0 Å². The molecule has 0 aliphatic rings. The zero-order chi connectivity index (χ0) is 22.2. The van der Waals surface area contributed by atoms with Gasteiger partial charge < -0.3 is 19.6 Å². The second-order valence-electron chi connectivity index (χ2n) is 7.31. The second-order valence-corrected chi connectivity index (χ2v) is 7.31. The summed E-state index contributed by atoms with van der Waals surface area (Å²) in [6, 6.07) is 31.3. The fourth-order valence-electron chi connectivity index (χ4n) is 3.25. The summed E-state index contributed by atoms with van der Waals surface area (Å²) in [7, 11) is -1.60. The molecule has 3 aromatic rings. The Morgan fingerprint density at radius 1 is 0.613 bits per heavy atom. The van der Waals surface area contributed by atoms with E-state index in [1.54, 1.807) is 0 Å². The van der Waals surface area contributed by atoms with Gasteiger partial charge in [-0.15, -0.1) is 0 Å². The van der Waals surface area contributed by atoms with Crippen LogP contribution in [0.5, 0.6) is 0 Å². The molecule has 0 heterocycles. The predicted octanol–water partition coefficient (Wildman–Crippen LogP) is 6.49. The number of para-hydroxylation sites is 3. The van der Waals surface area contributed by atoms with Crippen LogP contribution in [0.15, 0.2) is 91.0 Å². The molecule has 0 saturated heterocycles. The highest BCUT2D eigenvalue weighted by Crippen LogP contribution is 2.33. The van der Waals surface area contributed by atoms with Gasteiger partial charge in [-0.1, -0.05) is 93.6 Å². The number of benzene rings is 3. The minimum Gasteiger partial charge on any atom is -0.402 e. The van der Waals surface area contributed by atoms with Gasteiger partial charge in [0.05, 0.1) is 0 Å². The smallest absolute Gasteiger partial charge is 0.402 e. The van der Waals surface area contributed by atoms with E-state index in [0.717, 1.165) is 12.8 Å². The lowest BCUT2D eigenvalue weighted by molar-refractivity contribution is 0.182. The van der Waals surface area contributed by atoms with Crippen molar-refractivity contribution in [2.75, 3.05) is 11.5 Å². The molecule has 0 aromatic heterocycles. The molecule has 0 unspecified atom stereocenters. The summed E-state index contributed by atoms with van der Waals surface area (Å²) in [6.07, 6.45) is 7.08. The number of anilines is 3. The van der Waals surface area contributed by atoms with Crippen molar-refractivity contribution in [2.24, 2.45) is 0 Å². The maximum Gasteiger partial charge on any atom is 0.633 e. The third kappa shape index (κ3) is 9.84. The standard InChI is InChI=1S/C18H15N.C8H19BO3/c1-4-10-16(11-5-1)19(17-12-6-2-7-13-17)18-14-8-3-9-15-18;1-2-3-4-5-6-7-8-12-9(10)11/h1-15H;10-11H,2-8H2,1H3. The lowest BCUT2D eigenvalue weighted by atomic mass is 10.1. The van der Waals surface area contributed by atoms with E-state index in [2.05, 4.69) is 89.3 Å². The predicted molar refractivity (Wildman–Crippen MR) is 131 cm³/mol. The van der Waals surface area contributed by atoms with Crippen molar-refractivity contribution < 1.29 is 14.7 Å².